The van der Waals surface area contributed by atoms with Crippen LogP contribution in [0.5, 0.6) is 5.75 Å². The monoisotopic (exact) mass is 623 g/mol. The number of terminal acetylenes is 1. The van der Waals surface area contributed by atoms with Gasteiger partial charge in [0.2, 0.25) is 5.91 Å². The van der Waals surface area contributed by atoms with E-state index in [1.54, 1.807) is 24.4 Å². The molecule has 4 N–H and O–H groups in total. The van der Waals surface area contributed by atoms with Crippen molar-refractivity contribution in [3.63, 3.8) is 0 Å². The topological polar surface area (TPSA) is 103 Å². The molecular formula is C34H40F3N5O3. The number of amidine groups is 1. The summed E-state index contributed by atoms with van der Waals surface area (Å²) in [5.41, 5.74) is 6.32. The van der Waals surface area contributed by atoms with Crippen LogP contribution in [-0.4, -0.2) is 53.0 Å². The van der Waals surface area contributed by atoms with Crippen molar-refractivity contribution in [3.8, 4) is 18.6 Å². The van der Waals surface area contributed by atoms with Crippen LogP contribution in [0.3, 0.4) is 0 Å². The van der Waals surface area contributed by atoms with Crippen LogP contribution in [0.1, 0.15) is 62.3 Å². The summed E-state index contributed by atoms with van der Waals surface area (Å²) in [7, 11) is 1.49. The zero-order valence-corrected chi connectivity index (χ0v) is 25.9. The lowest BCUT2D eigenvalue weighted by Crippen LogP contribution is -2.50. The maximum absolute atomic E-state index is 13.4. The molecular weight excluding hydrogens is 583 g/mol. The van der Waals surface area contributed by atoms with E-state index in [4.69, 9.17) is 10.5 Å². The van der Waals surface area contributed by atoms with Crippen molar-refractivity contribution >= 4 is 17.4 Å². The van der Waals surface area contributed by atoms with E-state index in [1.165, 1.54) is 26.2 Å². The van der Waals surface area contributed by atoms with Crippen LogP contribution in [0.2, 0.25) is 0 Å². The minimum Gasteiger partial charge on any atom is -0.496 e. The van der Waals surface area contributed by atoms with E-state index in [-0.39, 0.29) is 29.5 Å². The van der Waals surface area contributed by atoms with Gasteiger partial charge < -0.3 is 30.7 Å². The van der Waals surface area contributed by atoms with E-state index in [1.807, 2.05) is 29.8 Å². The molecule has 3 aliphatic heterocycles. The van der Waals surface area contributed by atoms with E-state index in [0.29, 0.717) is 47.1 Å². The minimum absolute atomic E-state index is 0.104. The number of methoxy groups -OCH3 is 1. The van der Waals surface area contributed by atoms with Crippen molar-refractivity contribution < 1.29 is 27.8 Å². The highest BCUT2D eigenvalue weighted by molar-refractivity contribution is 6.05. The standard InChI is InChI=1S/C32H38F3N5O3.C2H2/c1-19(2)15-26(41)39-13-6-7-20(18-39)30-38-27(28-29(36)37-12-14-40(28)30)24-11-10-22(17-25(24)43-4)31(3,42)21-8-5-9-23(16-21)32(33,34)35;1-2/h5,8-12,14,16-17,19-20,30,38,42H,6-7,13,15,18H2,1-4H3,(H2,36,37);1-2H. The Labute approximate surface area is 262 Å². The van der Waals surface area contributed by atoms with Crippen molar-refractivity contribution in [2.45, 2.75) is 58.0 Å². The number of ether oxygens (including phenoxy) is 1. The number of nitrogens with one attached hydrogen (secondary N) is 1. The summed E-state index contributed by atoms with van der Waals surface area (Å²) in [6, 6.07) is 9.73. The number of likely N-dealkylation sites (tertiary alicyclic amines) is 1. The highest BCUT2D eigenvalue weighted by Gasteiger charge is 2.41. The summed E-state index contributed by atoms with van der Waals surface area (Å²) in [4.78, 5) is 21.2. The number of aliphatic imine (C=N–C) groups is 1. The molecule has 0 saturated carbocycles. The van der Waals surface area contributed by atoms with E-state index in [9.17, 15) is 23.1 Å². The molecule has 1 amide bonds. The third-order valence-electron chi connectivity index (χ3n) is 8.40. The second kappa shape index (κ2) is 13.3. The Hall–Kier alpha value is -4.43. The van der Waals surface area contributed by atoms with Crippen LogP contribution in [0.25, 0.3) is 5.70 Å². The summed E-state index contributed by atoms with van der Waals surface area (Å²) in [6.45, 7) is 6.89. The Balaban J connectivity index is 0.00000226. The molecule has 240 valence electrons. The third kappa shape index (κ3) is 6.81. The van der Waals surface area contributed by atoms with Gasteiger partial charge in [-0.3, -0.25) is 4.79 Å². The zero-order valence-electron chi connectivity index (χ0n) is 25.9. The van der Waals surface area contributed by atoms with Gasteiger partial charge in [-0.15, -0.1) is 12.8 Å². The molecule has 0 aromatic heterocycles. The zero-order chi connectivity index (χ0) is 33.1. The van der Waals surface area contributed by atoms with Gasteiger partial charge in [-0.1, -0.05) is 32.0 Å². The molecule has 1 fully saturated rings. The molecule has 45 heavy (non-hydrogen) atoms. The van der Waals surface area contributed by atoms with Gasteiger partial charge in [0, 0.05) is 43.4 Å². The normalized spacial score (nSPS) is 20.9. The number of alkyl halides is 3. The van der Waals surface area contributed by atoms with Gasteiger partial charge >= 0.3 is 6.18 Å². The van der Waals surface area contributed by atoms with Crippen LogP contribution in [0.4, 0.5) is 13.2 Å². The Kier molecular flexibility index (Phi) is 9.88. The number of nitrogens with zero attached hydrogens (tertiary/aromatic N) is 3. The van der Waals surface area contributed by atoms with Gasteiger partial charge in [0.15, 0.2) is 0 Å². The van der Waals surface area contributed by atoms with Crippen molar-refractivity contribution in [2.75, 3.05) is 20.2 Å². The number of carbonyl (C=O) groups is 1. The van der Waals surface area contributed by atoms with E-state index in [2.05, 4.69) is 23.2 Å². The molecule has 5 rings (SSSR count). The molecule has 3 atom stereocenters. The van der Waals surface area contributed by atoms with Gasteiger partial charge in [0.05, 0.1) is 18.4 Å². The first-order valence-corrected chi connectivity index (χ1v) is 14.8. The van der Waals surface area contributed by atoms with Crippen LogP contribution < -0.4 is 15.8 Å². The summed E-state index contributed by atoms with van der Waals surface area (Å²) in [5.74, 6) is 1.27. The molecule has 3 heterocycles. The molecule has 3 unspecified atom stereocenters. The smallest absolute Gasteiger partial charge is 0.416 e. The Morgan fingerprint density at radius 2 is 1.87 bits per heavy atom. The van der Waals surface area contributed by atoms with Gasteiger partial charge in [0.1, 0.15) is 29.0 Å². The third-order valence-corrected chi connectivity index (χ3v) is 8.40. The largest absolute Gasteiger partial charge is 0.496 e. The average molecular weight is 624 g/mol. The number of carbonyl (C=O) groups excluding carboxylic acids is 1. The second-order valence-electron chi connectivity index (χ2n) is 11.9. The minimum atomic E-state index is -4.54. The Morgan fingerprint density at radius 3 is 2.53 bits per heavy atom. The molecule has 3 aliphatic rings. The molecule has 1 saturated heterocycles. The molecule has 0 aliphatic carbocycles. The van der Waals surface area contributed by atoms with E-state index >= 15 is 0 Å². The molecule has 2 aromatic carbocycles. The summed E-state index contributed by atoms with van der Waals surface area (Å²) in [5, 5.41) is 15.1. The molecule has 0 bridgehead atoms. The number of nitrogens with two attached hydrogens (primary N) is 1. The van der Waals surface area contributed by atoms with Gasteiger partial charge in [0.25, 0.3) is 0 Å². The first-order chi connectivity index (χ1) is 21.3. The first-order valence-electron chi connectivity index (χ1n) is 14.8. The fourth-order valence-corrected chi connectivity index (χ4v) is 6.12. The number of benzene rings is 2. The molecule has 11 heteroatoms. The van der Waals surface area contributed by atoms with Crippen molar-refractivity contribution in [3.05, 3.63) is 82.8 Å². The number of halogens is 3. The van der Waals surface area contributed by atoms with Gasteiger partial charge in [-0.05, 0) is 61.1 Å². The SMILES string of the molecule is C#C.COc1cc(C(C)(O)c2cccc(C(F)(F)F)c2)ccc1C1=C2C(N)=NC=CN2C(C2CCCN(C(=O)CC(C)C)C2)N1. The predicted molar refractivity (Wildman–Crippen MR) is 168 cm³/mol. The lowest BCUT2D eigenvalue weighted by molar-refractivity contribution is -0.137. The molecule has 0 spiro atoms. The number of rotatable bonds is 7. The number of aliphatic hydroxyl groups is 1. The summed E-state index contributed by atoms with van der Waals surface area (Å²) < 4.78 is 45.9. The van der Waals surface area contributed by atoms with Crippen LogP contribution in [0, 0.1) is 24.7 Å². The lowest BCUT2D eigenvalue weighted by Gasteiger charge is -2.39. The lowest BCUT2D eigenvalue weighted by atomic mass is 9.86. The quantitative estimate of drug-likeness (QED) is 0.365. The number of hydrogen-bond acceptors (Lipinski definition) is 7. The Morgan fingerprint density at radius 1 is 1.18 bits per heavy atom. The van der Waals surface area contributed by atoms with Crippen LogP contribution in [0.15, 0.2) is 65.6 Å². The number of amides is 1. The van der Waals surface area contributed by atoms with E-state index < -0.39 is 17.3 Å². The molecule has 2 aromatic rings. The van der Waals surface area contributed by atoms with Crippen molar-refractivity contribution in [1.82, 2.24) is 15.1 Å². The molecule has 8 nitrogen and oxygen atoms in total. The van der Waals surface area contributed by atoms with Crippen molar-refractivity contribution in [1.29, 1.82) is 0 Å². The van der Waals surface area contributed by atoms with Gasteiger partial charge in [-0.25, -0.2) is 4.99 Å². The average Bonchev–Trinajstić information content (AvgIpc) is 3.42. The number of fused-ring (bicyclic) bond motifs is 1. The highest BCUT2D eigenvalue weighted by atomic mass is 19.4. The Bertz CT molecular complexity index is 1530. The van der Waals surface area contributed by atoms with Crippen LogP contribution >= 0.6 is 0 Å². The van der Waals surface area contributed by atoms with Crippen LogP contribution in [-0.2, 0) is 16.6 Å². The van der Waals surface area contributed by atoms with E-state index in [0.717, 1.165) is 31.5 Å². The molecule has 0 radical (unpaired) electrons. The second-order valence-corrected chi connectivity index (χ2v) is 11.9. The summed E-state index contributed by atoms with van der Waals surface area (Å²) >= 11 is 0. The maximum Gasteiger partial charge on any atom is 0.416 e. The maximum atomic E-state index is 13.4. The number of piperidine rings is 1. The van der Waals surface area contributed by atoms with Gasteiger partial charge in [-0.2, -0.15) is 13.2 Å². The fourth-order valence-electron chi connectivity index (χ4n) is 6.12. The first kappa shape index (κ1) is 33.5. The highest BCUT2D eigenvalue weighted by Crippen LogP contribution is 2.41. The summed E-state index contributed by atoms with van der Waals surface area (Å²) in [6.07, 6.45) is 9.10. The van der Waals surface area contributed by atoms with Crippen molar-refractivity contribution in [2.24, 2.45) is 22.6 Å². The fraction of sp³-hybridized carbons (Fsp3) is 0.412. The predicted octanol–water partition coefficient (Wildman–Crippen LogP) is 5.25. The number of hydrogen-bond donors (Lipinski definition) is 3.